The molecule has 0 aliphatic heterocycles. The van der Waals surface area contributed by atoms with Crippen LogP contribution in [-0.2, 0) is 0 Å². The third-order valence-electron chi connectivity index (χ3n) is 2.20. The van der Waals surface area contributed by atoms with E-state index in [2.05, 4.69) is 20.9 Å². The number of amides is 4. The monoisotopic (exact) mass is 228 g/mol. The molecule has 6 nitrogen and oxygen atoms in total. The van der Waals surface area contributed by atoms with Crippen molar-refractivity contribution in [3.63, 3.8) is 0 Å². The fourth-order valence-corrected chi connectivity index (χ4v) is 0.774. The van der Waals surface area contributed by atoms with Gasteiger partial charge in [-0.25, -0.2) is 9.59 Å². The van der Waals surface area contributed by atoms with E-state index in [4.69, 9.17) is 0 Å². The third kappa shape index (κ3) is 6.92. The zero-order valence-corrected chi connectivity index (χ0v) is 10.3. The molecule has 0 fully saturated rings. The average Bonchev–Trinajstić information content (AvgIpc) is 2.26. The maximum absolute atomic E-state index is 11.1. The van der Waals surface area contributed by atoms with E-state index < -0.39 is 12.1 Å². The number of carbonyl (C=O) groups excluding carboxylic acids is 2. The summed E-state index contributed by atoms with van der Waals surface area (Å²) in [6.45, 7) is 7.59. The van der Waals surface area contributed by atoms with Crippen LogP contribution in [0.15, 0.2) is 10.2 Å². The molecule has 0 saturated heterocycles. The second-order valence-electron chi connectivity index (χ2n) is 3.72. The highest BCUT2D eigenvalue weighted by atomic mass is 16.2. The molecule has 0 aromatic heterocycles. The number of nitrogens with zero attached hydrogens (tertiary/aromatic N) is 2. The van der Waals surface area contributed by atoms with E-state index in [1.54, 1.807) is 0 Å². The zero-order valence-electron chi connectivity index (χ0n) is 10.3. The average molecular weight is 228 g/mol. The number of rotatable bonds is 4. The second-order valence-corrected chi connectivity index (χ2v) is 3.72. The predicted octanol–water partition coefficient (Wildman–Crippen LogP) is 2.45. The van der Waals surface area contributed by atoms with Gasteiger partial charge in [0.1, 0.15) is 0 Å². The number of nitrogens with one attached hydrogen (secondary N) is 2. The van der Waals surface area contributed by atoms with Gasteiger partial charge in [-0.05, 0) is 26.7 Å². The van der Waals surface area contributed by atoms with Crippen molar-refractivity contribution < 1.29 is 9.59 Å². The topological polar surface area (TPSA) is 82.9 Å². The van der Waals surface area contributed by atoms with Crippen molar-refractivity contribution in [3.8, 4) is 0 Å². The van der Waals surface area contributed by atoms with E-state index in [9.17, 15) is 9.59 Å². The standard InChI is InChI=1S/C10H20N4O2/c1-5-7(3)11-9(15)13-14-10(16)12-8(4)6-2/h7-8H,5-6H2,1-4H3,(H,11,15)(H,12,16). The van der Waals surface area contributed by atoms with Crippen molar-refractivity contribution in [3.05, 3.63) is 0 Å². The Labute approximate surface area is 95.9 Å². The molecule has 2 unspecified atom stereocenters. The second kappa shape index (κ2) is 7.78. The first-order valence-corrected chi connectivity index (χ1v) is 5.52. The van der Waals surface area contributed by atoms with E-state index in [0.717, 1.165) is 12.8 Å². The summed E-state index contributed by atoms with van der Waals surface area (Å²) in [6, 6.07) is -1.12. The Morgan fingerprint density at radius 3 is 1.50 bits per heavy atom. The first-order chi connectivity index (χ1) is 7.49. The molecule has 0 heterocycles. The van der Waals surface area contributed by atoms with Crippen LogP contribution in [0, 0.1) is 0 Å². The third-order valence-corrected chi connectivity index (χ3v) is 2.20. The predicted molar refractivity (Wildman–Crippen MR) is 61.4 cm³/mol. The van der Waals surface area contributed by atoms with Gasteiger partial charge in [0, 0.05) is 12.1 Å². The largest absolute Gasteiger partial charge is 0.359 e. The Kier molecular flexibility index (Phi) is 7.07. The van der Waals surface area contributed by atoms with Gasteiger partial charge in [0.15, 0.2) is 0 Å². The molecule has 0 bridgehead atoms. The van der Waals surface area contributed by atoms with Gasteiger partial charge < -0.3 is 10.6 Å². The number of azo groups is 1. The van der Waals surface area contributed by atoms with Crippen molar-refractivity contribution in [1.29, 1.82) is 0 Å². The summed E-state index contributed by atoms with van der Waals surface area (Å²) in [5.74, 6) is 0. The normalized spacial score (nSPS) is 14.5. The van der Waals surface area contributed by atoms with Gasteiger partial charge in [-0.1, -0.05) is 24.1 Å². The van der Waals surface area contributed by atoms with Crippen molar-refractivity contribution >= 4 is 12.1 Å². The summed E-state index contributed by atoms with van der Waals surface area (Å²) in [5, 5.41) is 11.7. The lowest BCUT2D eigenvalue weighted by atomic mass is 10.3. The maximum Gasteiger partial charge on any atom is 0.359 e. The zero-order chi connectivity index (χ0) is 12.6. The summed E-state index contributed by atoms with van der Waals surface area (Å²) in [7, 11) is 0. The smallest absolute Gasteiger partial charge is 0.332 e. The van der Waals surface area contributed by atoms with Crippen LogP contribution in [0.5, 0.6) is 0 Å². The van der Waals surface area contributed by atoms with Gasteiger partial charge in [0.2, 0.25) is 0 Å². The number of hydrogen-bond acceptors (Lipinski definition) is 2. The van der Waals surface area contributed by atoms with Crippen molar-refractivity contribution in [2.75, 3.05) is 0 Å². The highest BCUT2D eigenvalue weighted by Gasteiger charge is 2.06. The van der Waals surface area contributed by atoms with E-state index in [-0.39, 0.29) is 12.1 Å². The Hall–Kier alpha value is -1.46. The van der Waals surface area contributed by atoms with Crippen LogP contribution in [0.25, 0.3) is 0 Å². The molecule has 0 saturated carbocycles. The molecule has 16 heavy (non-hydrogen) atoms. The summed E-state index contributed by atoms with van der Waals surface area (Å²) in [6.07, 6.45) is 1.61. The number of hydrogen-bond donors (Lipinski definition) is 2. The van der Waals surface area contributed by atoms with Gasteiger partial charge in [0.25, 0.3) is 0 Å². The summed E-state index contributed by atoms with van der Waals surface area (Å²) >= 11 is 0. The molecule has 0 aromatic rings. The quantitative estimate of drug-likeness (QED) is 0.724. The Morgan fingerprint density at radius 2 is 1.25 bits per heavy atom. The fraction of sp³-hybridized carbons (Fsp3) is 0.800. The van der Waals surface area contributed by atoms with Crippen LogP contribution in [0.2, 0.25) is 0 Å². The van der Waals surface area contributed by atoms with Crippen LogP contribution in [0.3, 0.4) is 0 Å². The minimum atomic E-state index is -0.589. The number of carbonyl (C=O) groups is 2. The van der Waals surface area contributed by atoms with E-state index >= 15 is 0 Å². The van der Waals surface area contributed by atoms with E-state index in [0.29, 0.717) is 0 Å². The Morgan fingerprint density at radius 1 is 0.938 bits per heavy atom. The molecular weight excluding hydrogens is 208 g/mol. The van der Waals surface area contributed by atoms with Gasteiger partial charge in [-0.3, -0.25) is 0 Å². The van der Waals surface area contributed by atoms with E-state index in [1.165, 1.54) is 0 Å². The van der Waals surface area contributed by atoms with E-state index in [1.807, 2.05) is 27.7 Å². The molecule has 0 aliphatic carbocycles. The highest BCUT2D eigenvalue weighted by molar-refractivity contribution is 5.79. The molecule has 0 rings (SSSR count). The lowest BCUT2D eigenvalue weighted by Gasteiger charge is -2.08. The molecule has 92 valence electrons. The van der Waals surface area contributed by atoms with Crippen LogP contribution in [0.4, 0.5) is 9.59 Å². The van der Waals surface area contributed by atoms with Gasteiger partial charge in [0.05, 0.1) is 0 Å². The minimum Gasteiger partial charge on any atom is -0.332 e. The Bertz CT molecular complexity index is 240. The van der Waals surface area contributed by atoms with Crippen LogP contribution in [-0.4, -0.2) is 24.1 Å². The lowest BCUT2D eigenvalue weighted by Crippen LogP contribution is -2.31. The van der Waals surface area contributed by atoms with Crippen LogP contribution >= 0.6 is 0 Å². The molecule has 0 spiro atoms. The lowest BCUT2D eigenvalue weighted by molar-refractivity contribution is 0.237. The molecule has 6 heteroatoms. The molecule has 2 N–H and O–H groups in total. The SMILES string of the molecule is CCC(C)NC(=O)N=NC(=O)NC(C)CC. The van der Waals surface area contributed by atoms with Gasteiger partial charge in [-0.2, -0.15) is 0 Å². The van der Waals surface area contributed by atoms with Crippen molar-refractivity contribution in [2.24, 2.45) is 10.2 Å². The molecular formula is C10H20N4O2. The van der Waals surface area contributed by atoms with Crippen LogP contribution in [0.1, 0.15) is 40.5 Å². The van der Waals surface area contributed by atoms with Crippen molar-refractivity contribution in [1.82, 2.24) is 10.6 Å². The Balaban J connectivity index is 3.98. The molecule has 4 amide bonds. The van der Waals surface area contributed by atoms with Gasteiger partial charge >= 0.3 is 12.1 Å². The fourth-order valence-electron chi connectivity index (χ4n) is 0.774. The summed E-state index contributed by atoms with van der Waals surface area (Å²) < 4.78 is 0. The van der Waals surface area contributed by atoms with Crippen molar-refractivity contribution in [2.45, 2.75) is 52.6 Å². The molecule has 0 aromatic carbocycles. The molecule has 2 atom stereocenters. The first-order valence-electron chi connectivity index (χ1n) is 5.52. The van der Waals surface area contributed by atoms with Gasteiger partial charge in [-0.15, -0.1) is 0 Å². The summed E-state index contributed by atoms with van der Waals surface area (Å²) in [4.78, 5) is 22.2. The minimum absolute atomic E-state index is 0.0316. The van der Waals surface area contributed by atoms with Crippen LogP contribution < -0.4 is 10.6 Å². The number of urea groups is 2. The highest BCUT2D eigenvalue weighted by Crippen LogP contribution is 1.92. The molecule has 0 radical (unpaired) electrons. The maximum atomic E-state index is 11.1. The molecule has 0 aliphatic rings. The summed E-state index contributed by atoms with van der Waals surface area (Å²) in [5.41, 5.74) is 0. The first kappa shape index (κ1) is 14.5.